The third-order valence-electron chi connectivity index (χ3n) is 3.34. The molecule has 1 aromatic heterocycles. The molecule has 1 unspecified atom stereocenters. The fraction of sp³-hybridized carbons (Fsp3) is 0.667. The lowest BCUT2D eigenvalue weighted by Crippen LogP contribution is -2.26. The van der Waals surface area contributed by atoms with Crippen molar-refractivity contribution in [2.24, 2.45) is 5.92 Å². The minimum atomic E-state index is -2.87. The number of sulfone groups is 1. The zero-order valence-corrected chi connectivity index (χ0v) is 13.9. The van der Waals surface area contributed by atoms with E-state index >= 15 is 0 Å². The van der Waals surface area contributed by atoms with E-state index in [1.165, 1.54) is 4.68 Å². The highest BCUT2D eigenvalue weighted by Crippen LogP contribution is 2.21. The van der Waals surface area contributed by atoms with Gasteiger partial charge >= 0.3 is 0 Å². The van der Waals surface area contributed by atoms with Crippen LogP contribution < -0.4 is 10.9 Å². The number of hydrogen-bond acceptors (Lipinski definition) is 5. The van der Waals surface area contributed by atoms with Crippen molar-refractivity contribution < 1.29 is 8.42 Å². The second-order valence-electron chi connectivity index (χ2n) is 5.37. The van der Waals surface area contributed by atoms with Crippen molar-refractivity contribution in [3.05, 3.63) is 21.0 Å². The molecule has 0 bridgehead atoms. The van der Waals surface area contributed by atoms with Crippen LogP contribution in [0.1, 0.15) is 26.3 Å². The van der Waals surface area contributed by atoms with E-state index in [4.69, 9.17) is 0 Å². The minimum Gasteiger partial charge on any atom is -0.382 e. The van der Waals surface area contributed by atoms with Crippen LogP contribution in [0.25, 0.3) is 0 Å². The van der Waals surface area contributed by atoms with Crippen LogP contribution in [0, 0.1) is 5.92 Å². The average Bonchev–Trinajstić information content (AvgIpc) is 2.70. The van der Waals surface area contributed by atoms with Crippen LogP contribution in [0.2, 0.25) is 0 Å². The van der Waals surface area contributed by atoms with E-state index in [0.717, 1.165) is 0 Å². The fourth-order valence-electron chi connectivity index (χ4n) is 2.22. The minimum absolute atomic E-state index is 0.00664. The van der Waals surface area contributed by atoms with Crippen molar-refractivity contribution >= 4 is 31.5 Å². The topological polar surface area (TPSA) is 81.1 Å². The second kappa shape index (κ2) is 5.85. The number of aromatic nitrogens is 2. The summed E-state index contributed by atoms with van der Waals surface area (Å²) in [6.45, 7) is 4.30. The molecule has 1 fully saturated rings. The third-order valence-corrected chi connectivity index (χ3v) is 5.94. The zero-order chi connectivity index (χ0) is 14.9. The highest BCUT2D eigenvalue weighted by atomic mass is 79.9. The molecule has 112 valence electrons. The lowest BCUT2D eigenvalue weighted by atomic mass is 10.1. The van der Waals surface area contributed by atoms with Gasteiger partial charge in [0.1, 0.15) is 4.47 Å². The monoisotopic (exact) mass is 363 g/mol. The molecule has 1 aromatic rings. The molecule has 1 N–H and O–H groups in total. The maximum Gasteiger partial charge on any atom is 0.283 e. The van der Waals surface area contributed by atoms with Gasteiger partial charge in [0.15, 0.2) is 9.84 Å². The van der Waals surface area contributed by atoms with Gasteiger partial charge in [-0.25, -0.2) is 13.1 Å². The van der Waals surface area contributed by atoms with E-state index in [9.17, 15) is 13.2 Å². The molecule has 1 atom stereocenters. The molecule has 2 heterocycles. The molecule has 1 aliphatic heterocycles. The molecule has 0 aromatic carbocycles. The zero-order valence-electron chi connectivity index (χ0n) is 11.5. The Balaban J connectivity index is 2.08. The van der Waals surface area contributed by atoms with Gasteiger partial charge in [-0.1, -0.05) is 0 Å². The number of nitrogens with zero attached hydrogens (tertiary/aromatic N) is 2. The largest absolute Gasteiger partial charge is 0.382 e. The maximum atomic E-state index is 12.0. The second-order valence-corrected chi connectivity index (χ2v) is 8.39. The van der Waals surface area contributed by atoms with Gasteiger partial charge in [0.25, 0.3) is 5.56 Å². The number of anilines is 1. The standard InChI is InChI=1S/C12H18BrN3O3S/c1-8(2)16-12(17)11(13)10(6-15-16)14-5-9-3-4-20(18,19)7-9/h6,8-9,14H,3-5,7H2,1-2H3. The van der Waals surface area contributed by atoms with Crippen molar-refractivity contribution in [1.29, 1.82) is 0 Å². The first-order valence-corrected chi connectivity index (χ1v) is 9.13. The number of halogens is 1. The van der Waals surface area contributed by atoms with Gasteiger partial charge in [-0.3, -0.25) is 4.79 Å². The van der Waals surface area contributed by atoms with Gasteiger partial charge in [-0.15, -0.1) is 0 Å². The summed E-state index contributed by atoms with van der Waals surface area (Å²) in [7, 11) is -2.87. The Bertz CT molecular complexity index is 654. The molecule has 0 saturated carbocycles. The molecule has 8 heteroatoms. The van der Waals surface area contributed by atoms with Crippen molar-refractivity contribution in [3.8, 4) is 0 Å². The van der Waals surface area contributed by atoms with E-state index in [0.29, 0.717) is 23.1 Å². The van der Waals surface area contributed by atoms with Crippen LogP contribution in [0.3, 0.4) is 0 Å². The molecular formula is C12H18BrN3O3S. The Labute approximate surface area is 126 Å². The normalized spacial score (nSPS) is 21.3. The fourth-order valence-corrected chi connectivity index (χ4v) is 4.51. The molecule has 0 aliphatic carbocycles. The molecule has 2 rings (SSSR count). The highest BCUT2D eigenvalue weighted by Gasteiger charge is 2.27. The summed E-state index contributed by atoms with van der Waals surface area (Å²) >= 11 is 3.28. The van der Waals surface area contributed by atoms with Crippen molar-refractivity contribution in [3.63, 3.8) is 0 Å². The van der Waals surface area contributed by atoms with Gasteiger partial charge in [0.2, 0.25) is 0 Å². The first-order valence-electron chi connectivity index (χ1n) is 6.52. The lowest BCUT2D eigenvalue weighted by Gasteiger charge is -2.14. The first-order chi connectivity index (χ1) is 9.30. The van der Waals surface area contributed by atoms with Crippen LogP contribution in [0.5, 0.6) is 0 Å². The first kappa shape index (κ1) is 15.5. The summed E-state index contributed by atoms with van der Waals surface area (Å²) in [6, 6.07) is -0.00664. The van der Waals surface area contributed by atoms with Gasteiger partial charge in [0.05, 0.1) is 29.4 Å². The van der Waals surface area contributed by atoms with E-state index in [2.05, 4.69) is 26.3 Å². The highest BCUT2D eigenvalue weighted by molar-refractivity contribution is 9.10. The molecule has 0 radical (unpaired) electrons. The van der Waals surface area contributed by atoms with E-state index < -0.39 is 9.84 Å². The Morgan fingerprint density at radius 1 is 1.55 bits per heavy atom. The summed E-state index contributed by atoms with van der Waals surface area (Å²) in [5, 5.41) is 7.22. The Morgan fingerprint density at radius 3 is 2.80 bits per heavy atom. The van der Waals surface area contributed by atoms with Crippen molar-refractivity contribution in [2.45, 2.75) is 26.3 Å². The van der Waals surface area contributed by atoms with Gasteiger partial charge in [-0.2, -0.15) is 5.10 Å². The van der Waals surface area contributed by atoms with Gasteiger partial charge in [0, 0.05) is 6.54 Å². The number of nitrogens with one attached hydrogen (secondary N) is 1. The third kappa shape index (κ3) is 3.41. The van der Waals surface area contributed by atoms with E-state index in [1.807, 2.05) is 13.8 Å². The predicted octanol–water partition coefficient (Wildman–Crippen LogP) is 1.43. The van der Waals surface area contributed by atoms with Gasteiger partial charge < -0.3 is 5.32 Å². The Kier molecular flexibility index (Phi) is 4.53. The van der Waals surface area contributed by atoms with Crippen LogP contribution in [-0.2, 0) is 9.84 Å². The molecule has 1 aliphatic rings. The van der Waals surface area contributed by atoms with Crippen LogP contribution >= 0.6 is 15.9 Å². The van der Waals surface area contributed by atoms with Crippen LogP contribution in [0.4, 0.5) is 5.69 Å². The number of rotatable bonds is 4. The average molecular weight is 364 g/mol. The summed E-state index contributed by atoms with van der Waals surface area (Å²) in [5.41, 5.74) is 0.417. The van der Waals surface area contributed by atoms with E-state index in [1.54, 1.807) is 6.20 Å². The summed E-state index contributed by atoms with van der Waals surface area (Å²) < 4.78 is 24.6. The molecule has 0 amide bonds. The number of hydrogen-bond donors (Lipinski definition) is 1. The van der Waals surface area contributed by atoms with Crippen molar-refractivity contribution in [2.75, 3.05) is 23.4 Å². The maximum absolute atomic E-state index is 12.0. The summed E-state index contributed by atoms with van der Waals surface area (Å²) in [6.07, 6.45) is 2.26. The predicted molar refractivity (Wildman–Crippen MR) is 81.8 cm³/mol. The lowest BCUT2D eigenvalue weighted by molar-refractivity contribution is 0.500. The Hall–Kier alpha value is -0.890. The molecule has 1 saturated heterocycles. The SMILES string of the molecule is CC(C)n1ncc(NCC2CCS(=O)(=O)C2)c(Br)c1=O. The van der Waals surface area contributed by atoms with Crippen LogP contribution in [0.15, 0.2) is 15.5 Å². The van der Waals surface area contributed by atoms with Crippen molar-refractivity contribution in [1.82, 2.24) is 9.78 Å². The molecule has 0 spiro atoms. The summed E-state index contributed by atoms with van der Waals surface area (Å²) in [5.74, 6) is 0.571. The molecule has 6 nitrogen and oxygen atoms in total. The smallest absolute Gasteiger partial charge is 0.283 e. The quantitative estimate of drug-likeness (QED) is 0.874. The molecular weight excluding hydrogens is 346 g/mol. The molecule has 20 heavy (non-hydrogen) atoms. The summed E-state index contributed by atoms with van der Waals surface area (Å²) in [4.78, 5) is 12.0. The van der Waals surface area contributed by atoms with Gasteiger partial charge in [-0.05, 0) is 42.1 Å². The Morgan fingerprint density at radius 2 is 2.25 bits per heavy atom. The van der Waals surface area contributed by atoms with E-state index in [-0.39, 0.29) is 29.0 Å². The van der Waals surface area contributed by atoms with Crippen LogP contribution in [-0.4, -0.2) is 36.2 Å².